The van der Waals surface area contributed by atoms with Crippen molar-refractivity contribution in [1.29, 1.82) is 0 Å². The number of carbonyl (C=O) groups excluding carboxylic acids is 1. The van der Waals surface area contributed by atoms with E-state index >= 15 is 0 Å². The van der Waals surface area contributed by atoms with E-state index in [4.69, 9.17) is 0 Å². The van der Waals surface area contributed by atoms with Crippen molar-refractivity contribution < 1.29 is 9.18 Å². The van der Waals surface area contributed by atoms with Crippen LogP contribution in [0.5, 0.6) is 0 Å². The van der Waals surface area contributed by atoms with Crippen molar-refractivity contribution >= 4 is 17.2 Å². The van der Waals surface area contributed by atoms with Gasteiger partial charge in [-0.05, 0) is 35.4 Å². The minimum absolute atomic E-state index is 0.0158. The van der Waals surface area contributed by atoms with Gasteiger partial charge in [0.05, 0.1) is 17.8 Å². The van der Waals surface area contributed by atoms with E-state index in [1.165, 1.54) is 12.3 Å². The normalized spacial score (nSPS) is 12.1. The number of thiophene rings is 1. The summed E-state index contributed by atoms with van der Waals surface area (Å²) in [4.78, 5) is 15.4. The molecule has 1 atom stereocenters. The van der Waals surface area contributed by atoms with E-state index in [1.807, 2.05) is 23.8 Å². The first-order valence-electron chi connectivity index (χ1n) is 5.11. The lowest BCUT2D eigenvalue weighted by atomic mass is 10.1. The molecule has 3 nitrogen and oxygen atoms in total. The molecule has 1 amide bonds. The number of rotatable bonds is 3. The number of carbonyl (C=O) groups is 1. The summed E-state index contributed by atoms with van der Waals surface area (Å²) in [6.07, 6.45) is 2.43. The second kappa shape index (κ2) is 5.05. The molecule has 1 N–H and O–H groups in total. The monoisotopic (exact) mass is 250 g/mol. The predicted molar refractivity (Wildman–Crippen MR) is 64.4 cm³/mol. The molecule has 2 rings (SSSR count). The lowest BCUT2D eigenvalue weighted by molar-refractivity contribution is 0.0935. The Labute approximate surface area is 102 Å². The zero-order valence-electron chi connectivity index (χ0n) is 9.18. The van der Waals surface area contributed by atoms with Gasteiger partial charge in [-0.1, -0.05) is 0 Å². The Morgan fingerprint density at radius 2 is 2.35 bits per heavy atom. The van der Waals surface area contributed by atoms with Crippen molar-refractivity contribution in [3.05, 3.63) is 52.2 Å². The number of amides is 1. The van der Waals surface area contributed by atoms with E-state index < -0.39 is 11.7 Å². The first-order valence-corrected chi connectivity index (χ1v) is 6.05. The van der Waals surface area contributed by atoms with Crippen LogP contribution in [0.4, 0.5) is 4.39 Å². The van der Waals surface area contributed by atoms with Gasteiger partial charge in [0.1, 0.15) is 0 Å². The van der Waals surface area contributed by atoms with Crippen molar-refractivity contribution in [2.24, 2.45) is 0 Å². The Bertz CT molecular complexity index is 513. The summed E-state index contributed by atoms with van der Waals surface area (Å²) in [6.45, 7) is 1.86. The number of hydrogen-bond acceptors (Lipinski definition) is 3. The summed E-state index contributed by atoms with van der Waals surface area (Å²) >= 11 is 1.56. The molecule has 17 heavy (non-hydrogen) atoms. The van der Waals surface area contributed by atoms with Crippen LogP contribution in [0.1, 0.15) is 28.9 Å². The third kappa shape index (κ3) is 2.68. The zero-order valence-corrected chi connectivity index (χ0v) is 10.00. The smallest absolute Gasteiger partial charge is 0.254 e. The molecule has 0 saturated heterocycles. The van der Waals surface area contributed by atoms with Crippen molar-refractivity contribution in [3.8, 4) is 0 Å². The molecule has 0 aromatic carbocycles. The van der Waals surface area contributed by atoms with Crippen LogP contribution in [0.3, 0.4) is 0 Å². The Balaban J connectivity index is 2.10. The maximum Gasteiger partial charge on any atom is 0.254 e. The lowest BCUT2D eigenvalue weighted by Gasteiger charge is -2.12. The average Bonchev–Trinajstić information content (AvgIpc) is 2.82. The van der Waals surface area contributed by atoms with Gasteiger partial charge in [-0.2, -0.15) is 11.3 Å². The van der Waals surface area contributed by atoms with Gasteiger partial charge in [0, 0.05) is 6.20 Å². The minimum Gasteiger partial charge on any atom is -0.345 e. The van der Waals surface area contributed by atoms with Gasteiger partial charge >= 0.3 is 0 Å². The molecule has 2 aromatic heterocycles. The molecular formula is C12H11FN2OS. The molecule has 2 aromatic rings. The molecule has 1 unspecified atom stereocenters. The fourth-order valence-corrected chi connectivity index (χ4v) is 2.19. The second-order valence-corrected chi connectivity index (χ2v) is 4.39. The summed E-state index contributed by atoms with van der Waals surface area (Å²) in [6, 6.07) is 3.16. The van der Waals surface area contributed by atoms with Gasteiger partial charge in [-0.3, -0.25) is 9.78 Å². The van der Waals surface area contributed by atoms with Crippen molar-refractivity contribution in [3.63, 3.8) is 0 Å². The summed E-state index contributed by atoms with van der Waals surface area (Å²) in [5, 5.41) is 6.63. The van der Waals surface area contributed by atoms with E-state index in [-0.39, 0.29) is 11.6 Å². The molecular weight excluding hydrogens is 239 g/mol. The number of nitrogens with one attached hydrogen (secondary N) is 1. The number of aromatic nitrogens is 1. The molecule has 0 bridgehead atoms. The van der Waals surface area contributed by atoms with Crippen LogP contribution in [0.15, 0.2) is 35.3 Å². The highest BCUT2D eigenvalue weighted by Gasteiger charge is 2.14. The molecule has 0 spiro atoms. The van der Waals surface area contributed by atoms with Crippen molar-refractivity contribution in [2.45, 2.75) is 13.0 Å². The molecule has 5 heteroatoms. The highest BCUT2D eigenvalue weighted by atomic mass is 32.1. The Kier molecular flexibility index (Phi) is 3.49. The van der Waals surface area contributed by atoms with E-state index in [1.54, 1.807) is 11.3 Å². The zero-order chi connectivity index (χ0) is 12.3. The van der Waals surface area contributed by atoms with Crippen molar-refractivity contribution in [1.82, 2.24) is 10.3 Å². The third-order valence-electron chi connectivity index (χ3n) is 2.41. The maximum atomic E-state index is 13.3. The third-order valence-corrected chi connectivity index (χ3v) is 3.11. The van der Waals surface area contributed by atoms with Gasteiger partial charge in [-0.15, -0.1) is 0 Å². The van der Waals surface area contributed by atoms with Crippen LogP contribution in [-0.4, -0.2) is 10.9 Å². The van der Waals surface area contributed by atoms with Crippen LogP contribution in [-0.2, 0) is 0 Å². The van der Waals surface area contributed by atoms with Gasteiger partial charge < -0.3 is 5.32 Å². The maximum absolute atomic E-state index is 13.3. The molecule has 0 aliphatic heterocycles. The van der Waals surface area contributed by atoms with Crippen LogP contribution in [0, 0.1) is 5.82 Å². The fourth-order valence-electron chi connectivity index (χ4n) is 1.44. The van der Waals surface area contributed by atoms with Crippen molar-refractivity contribution in [2.75, 3.05) is 0 Å². The first kappa shape index (κ1) is 11.7. The van der Waals surface area contributed by atoms with E-state index in [9.17, 15) is 9.18 Å². The molecule has 2 heterocycles. The SMILES string of the molecule is CC(NC(=O)c1ccncc1F)c1ccsc1. The average molecular weight is 250 g/mol. The molecule has 0 aliphatic rings. The number of pyridine rings is 1. The Hall–Kier alpha value is -1.75. The number of halogens is 1. The molecule has 88 valence electrons. The van der Waals surface area contributed by atoms with Crippen LogP contribution in [0.2, 0.25) is 0 Å². The molecule has 0 fully saturated rings. The number of nitrogens with zero attached hydrogens (tertiary/aromatic N) is 1. The lowest BCUT2D eigenvalue weighted by Crippen LogP contribution is -2.27. The highest BCUT2D eigenvalue weighted by molar-refractivity contribution is 7.07. The topological polar surface area (TPSA) is 42.0 Å². The standard InChI is InChI=1S/C12H11FN2OS/c1-8(9-3-5-17-7-9)15-12(16)10-2-4-14-6-11(10)13/h2-8H,1H3,(H,15,16). The summed E-state index contributed by atoms with van der Waals surface area (Å²) in [7, 11) is 0. The van der Waals surface area contributed by atoms with Gasteiger partial charge in [0.2, 0.25) is 0 Å². The molecule has 0 saturated carbocycles. The Morgan fingerprint density at radius 3 is 3.00 bits per heavy atom. The van der Waals surface area contributed by atoms with Gasteiger partial charge in [-0.25, -0.2) is 4.39 Å². The number of hydrogen-bond donors (Lipinski definition) is 1. The van der Waals surface area contributed by atoms with Crippen LogP contribution < -0.4 is 5.32 Å². The van der Waals surface area contributed by atoms with Crippen LogP contribution >= 0.6 is 11.3 Å². The summed E-state index contributed by atoms with van der Waals surface area (Å²) in [5.41, 5.74) is 1.03. The quantitative estimate of drug-likeness (QED) is 0.910. The largest absolute Gasteiger partial charge is 0.345 e. The highest BCUT2D eigenvalue weighted by Crippen LogP contribution is 2.16. The van der Waals surface area contributed by atoms with Gasteiger partial charge in [0.25, 0.3) is 5.91 Å². The van der Waals surface area contributed by atoms with Gasteiger partial charge in [0.15, 0.2) is 5.82 Å². The second-order valence-electron chi connectivity index (χ2n) is 3.61. The fraction of sp³-hybridized carbons (Fsp3) is 0.167. The molecule has 0 radical (unpaired) electrons. The van der Waals surface area contributed by atoms with Crippen LogP contribution in [0.25, 0.3) is 0 Å². The predicted octanol–water partition coefficient (Wildman–Crippen LogP) is 2.77. The van der Waals surface area contributed by atoms with E-state index in [2.05, 4.69) is 10.3 Å². The summed E-state index contributed by atoms with van der Waals surface area (Å²) in [5.74, 6) is -1.04. The van der Waals surface area contributed by atoms with E-state index in [0.717, 1.165) is 11.8 Å². The summed E-state index contributed by atoms with van der Waals surface area (Å²) < 4.78 is 13.3. The molecule has 0 aliphatic carbocycles. The Morgan fingerprint density at radius 1 is 1.53 bits per heavy atom. The first-order chi connectivity index (χ1) is 8.18. The minimum atomic E-state index is -0.609. The van der Waals surface area contributed by atoms with E-state index in [0.29, 0.717) is 0 Å².